The van der Waals surface area contributed by atoms with E-state index in [1.54, 1.807) is 12.1 Å². The molecule has 1 aliphatic rings. The Morgan fingerprint density at radius 3 is 2.75 bits per heavy atom. The number of imidazole rings is 1. The average molecular weight is 215 g/mol. The van der Waals surface area contributed by atoms with Gasteiger partial charge in [-0.05, 0) is 12.1 Å². The van der Waals surface area contributed by atoms with Gasteiger partial charge in [-0.3, -0.25) is 0 Å². The van der Waals surface area contributed by atoms with E-state index in [-0.39, 0.29) is 5.75 Å². The van der Waals surface area contributed by atoms with Crippen molar-refractivity contribution in [1.29, 1.82) is 0 Å². The van der Waals surface area contributed by atoms with Gasteiger partial charge in [0.25, 0.3) is 0 Å². The van der Waals surface area contributed by atoms with E-state index in [1.165, 1.54) is 0 Å². The Hall–Kier alpha value is -1.81. The third-order valence-electron chi connectivity index (χ3n) is 2.98. The summed E-state index contributed by atoms with van der Waals surface area (Å²) in [5, 5.41) is 12.9. The average Bonchev–Trinajstić information content (AvgIpc) is 2.65. The second-order valence-corrected chi connectivity index (χ2v) is 4.06. The maximum Gasteiger partial charge on any atom is 0.141 e. The van der Waals surface area contributed by atoms with Gasteiger partial charge in [0, 0.05) is 30.9 Å². The van der Waals surface area contributed by atoms with Crippen molar-refractivity contribution in [3.63, 3.8) is 0 Å². The van der Waals surface area contributed by atoms with Gasteiger partial charge in [0.2, 0.25) is 0 Å². The number of aromatic amines is 1. The van der Waals surface area contributed by atoms with E-state index in [0.29, 0.717) is 5.92 Å². The molecule has 2 heterocycles. The Balaban J connectivity index is 1.95. The molecule has 0 radical (unpaired) electrons. The quantitative estimate of drug-likeness (QED) is 0.711. The summed E-state index contributed by atoms with van der Waals surface area (Å²) in [6, 6.07) is 7.22. The van der Waals surface area contributed by atoms with Crippen LogP contribution in [-0.4, -0.2) is 28.2 Å². The van der Waals surface area contributed by atoms with Crippen molar-refractivity contribution in [2.75, 3.05) is 13.1 Å². The van der Waals surface area contributed by atoms with Crippen LogP contribution in [0.1, 0.15) is 11.6 Å². The normalized spacial score (nSPS) is 16.0. The van der Waals surface area contributed by atoms with Crippen molar-refractivity contribution in [3.8, 4) is 17.1 Å². The monoisotopic (exact) mass is 215 g/mol. The summed E-state index contributed by atoms with van der Waals surface area (Å²) >= 11 is 0. The number of hydrogen-bond donors (Lipinski definition) is 3. The van der Waals surface area contributed by atoms with Crippen LogP contribution >= 0.6 is 0 Å². The standard InChI is InChI=1S/C12H13N3O/c16-11-4-2-1-3-9(11)12-14-7-10(15-12)8-5-13-6-8/h1-4,7-8,13,16H,5-6H2,(H,14,15). The lowest BCUT2D eigenvalue weighted by atomic mass is 10.0. The summed E-state index contributed by atoms with van der Waals surface area (Å²) in [5.41, 5.74) is 1.89. The molecule has 3 N–H and O–H groups in total. The Bertz CT molecular complexity index is 502. The summed E-state index contributed by atoms with van der Waals surface area (Å²) in [4.78, 5) is 7.57. The predicted octanol–water partition coefficient (Wildman–Crippen LogP) is 1.47. The minimum atomic E-state index is 0.259. The number of hydrogen-bond acceptors (Lipinski definition) is 3. The van der Waals surface area contributed by atoms with Crippen LogP contribution in [0.2, 0.25) is 0 Å². The van der Waals surface area contributed by atoms with E-state index in [2.05, 4.69) is 15.3 Å². The van der Waals surface area contributed by atoms with Crippen molar-refractivity contribution in [2.45, 2.75) is 5.92 Å². The lowest BCUT2D eigenvalue weighted by Crippen LogP contribution is -2.40. The number of phenols is 1. The molecule has 1 aliphatic heterocycles. The molecule has 1 aromatic carbocycles. The van der Waals surface area contributed by atoms with Crippen LogP contribution in [0.15, 0.2) is 30.5 Å². The topological polar surface area (TPSA) is 60.9 Å². The van der Waals surface area contributed by atoms with Gasteiger partial charge in [-0.1, -0.05) is 12.1 Å². The van der Waals surface area contributed by atoms with E-state index in [4.69, 9.17) is 0 Å². The van der Waals surface area contributed by atoms with Crippen LogP contribution in [0, 0.1) is 0 Å². The molecule has 1 saturated heterocycles. The Labute approximate surface area is 93.4 Å². The Kier molecular flexibility index (Phi) is 2.15. The smallest absolute Gasteiger partial charge is 0.141 e. The zero-order valence-electron chi connectivity index (χ0n) is 8.77. The minimum Gasteiger partial charge on any atom is -0.507 e. The molecule has 1 fully saturated rings. The molecule has 0 atom stereocenters. The third kappa shape index (κ3) is 1.47. The highest BCUT2D eigenvalue weighted by atomic mass is 16.3. The molecule has 82 valence electrons. The highest BCUT2D eigenvalue weighted by molar-refractivity contribution is 5.63. The molecule has 2 aromatic rings. The fourth-order valence-corrected chi connectivity index (χ4v) is 1.86. The summed E-state index contributed by atoms with van der Waals surface area (Å²) in [7, 11) is 0. The minimum absolute atomic E-state index is 0.259. The van der Waals surface area contributed by atoms with Gasteiger partial charge in [0.15, 0.2) is 0 Å². The second kappa shape index (κ2) is 3.64. The first-order chi connectivity index (χ1) is 7.84. The molecule has 0 unspecified atom stereocenters. The van der Waals surface area contributed by atoms with E-state index >= 15 is 0 Å². The molecule has 0 bridgehead atoms. The first-order valence-corrected chi connectivity index (χ1v) is 5.38. The van der Waals surface area contributed by atoms with Crippen molar-refractivity contribution >= 4 is 0 Å². The number of aromatic nitrogens is 2. The van der Waals surface area contributed by atoms with Crippen LogP contribution in [-0.2, 0) is 0 Å². The van der Waals surface area contributed by atoms with Crippen LogP contribution in [0.25, 0.3) is 11.4 Å². The van der Waals surface area contributed by atoms with Crippen molar-refractivity contribution < 1.29 is 5.11 Å². The van der Waals surface area contributed by atoms with E-state index in [1.807, 2.05) is 18.3 Å². The van der Waals surface area contributed by atoms with E-state index in [9.17, 15) is 5.11 Å². The molecule has 4 heteroatoms. The lowest BCUT2D eigenvalue weighted by Gasteiger charge is -2.25. The molecule has 0 spiro atoms. The molecule has 3 rings (SSSR count). The number of phenolic OH excluding ortho intramolecular Hbond substituents is 1. The van der Waals surface area contributed by atoms with E-state index < -0.39 is 0 Å². The SMILES string of the molecule is Oc1ccccc1-c1ncc(C2CNC2)[nH]1. The highest BCUT2D eigenvalue weighted by Crippen LogP contribution is 2.27. The molecule has 16 heavy (non-hydrogen) atoms. The number of para-hydroxylation sites is 1. The van der Waals surface area contributed by atoms with E-state index in [0.717, 1.165) is 30.2 Å². The molecule has 0 saturated carbocycles. The summed E-state index contributed by atoms with van der Waals surface area (Å²) < 4.78 is 0. The molecule has 4 nitrogen and oxygen atoms in total. The van der Waals surface area contributed by atoms with Gasteiger partial charge in [0.1, 0.15) is 11.6 Å². The zero-order valence-corrected chi connectivity index (χ0v) is 8.77. The summed E-state index contributed by atoms with van der Waals surface area (Å²) in [6.07, 6.45) is 1.85. The molecule has 1 aromatic heterocycles. The van der Waals surface area contributed by atoms with Crippen LogP contribution in [0.4, 0.5) is 0 Å². The first-order valence-electron chi connectivity index (χ1n) is 5.38. The van der Waals surface area contributed by atoms with Crippen LogP contribution in [0.3, 0.4) is 0 Å². The highest BCUT2D eigenvalue weighted by Gasteiger charge is 2.21. The van der Waals surface area contributed by atoms with Crippen molar-refractivity contribution in [2.24, 2.45) is 0 Å². The maximum atomic E-state index is 9.71. The van der Waals surface area contributed by atoms with Gasteiger partial charge in [0.05, 0.1) is 5.56 Å². The number of rotatable bonds is 2. The summed E-state index contributed by atoms with van der Waals surface area (Å²) in [6.45, 7) is 2.00. The van der Waals surface area contributed by atoms with Gasteiger partial charge in [-0.2, -0.15) is 0 Å². The van der Waals surface area contributed by atoms with Crippen molar-refractivity contribution in [1.82, 2.24) is 15.3 Å². The maximum absolute atomic E-state index is 9.71. The lowest BCUT2D eigenvalue weighted by molar-refractivity contribution is 0.441. The number of aromatic hydroxyl groups is 1. The van der Waals surface area contributed by atoms with Gasteiger partial charge >= 0.3 is 0 Å². The molecule has 0 amide bonds. The number of nitrogens with one attached hydrogen (secondary N) is 2. The Morgan fingerprint density at radius 2 is 2.06 bits per heavy atom. The molecule has 0 aliphatic carbocycles. The number of nitrogens with zero attached hydrogens (tertiary/aromatic N) is 1. The summed E-state index contributed by atoms with van der Waals surface area (Å²) in [5.74, 6) is 1.53. The number of H-pyrrole nitrogens is 1. The fourth-order valence-electron chi connectivity index (χ4n) is 1.86. The Morgan fingerprint density at radius 1 is 1.25 bits per heavy atom. The van der Waals surface area contributed by atoms with Crippen molar-refractivity contribution in [3.05, 3.63) is 36.2 Å². The molecular formula is C12H13N3O. The number of benzene rings is 1. The second-order valence-electron chi connectivity index (χ2n) is 4.06. The largest absolute Gasteiger partial charge is 0.507 e. The third-order valence-corrected chi connectivity index (χ3v) is 2.98. The first kappa shape index (κ1) is 9.42. The van der Waals surface area contributed by atoms with Gasteiger partial charge < -0.3 is 15.4 Å². The van der Waals surface area contributed by atoms with Gasteiger partial charge in [-0.25, -0.2) is 4.98 Å². The van der Waals surface area contributed by atoms with Gasteiger partial charge in [-0.15, -0.1) is 0 Å². The predicted molar refractivity (Wildman–Crippen MR) is 61.3 cm³/mol. The van der Waals surface area contributed by atoms with Crippen LogP contribution < -0.4 is 5.32 Å². The zero-order chi connectivity index (χ0) is 11.0. The fraction of sp³-hybridized carbons (Fsp3) is 0.250. The molecular weight excluding hydrogens is 202 g/mol. The van der Waals surface area contributed by atoms with Crippen LogP contribution in [0.5, 0.6) is 5.75 Å².